The highest BCUT2D eigenvalue weighted by atomic mass is 16.2. The normalized spacial score (nSPS) is 11.2. The minimum absolute atomic E-state index is 0.0590. The smallest absolute Gasteiger partial charge is 0.100 e. The van der Waals surface area contributed by atoms with E-state index in [2.05, 4.69) is 6.92 Å². The molecule has 0 aliphatic carbocycles. The molecule has 1 radical (unpaired) electrons. The fourth-order valence-electron chi connectivity index (χ4n) is 1.41. The first-order chi connectivity index (χ1) is 6.41. The van der Waals surface area contributed by atoms with Gasteiger partial charge < -0.3 is 0 Å². The zero-order valence-corrected chi connectivity index (χ0v) is 8.93. The standard InChI is InChI=1S/C12H23O/c1-2-3-4-5-6-7-8-9-10-11-12-13/h10-11H,2-9,12H2,1H3/b11-10+. The summed E-state index contributed by atoms with van der Waals surface area (Å²) < 4.78 is 0. The minimum Gasteiger partial charge on any atom is -0.232 e. The summed E-state index contributed by atoms with van der Waals surface area (Å²) in [6.45, 7) is 2.18. The summed E-state index contributed by atoms with van der Waals surface area (Å²) in [5.41, 5.74) is 0. The molecule has 0 amide bonds. The average Bonchev–Trinajstić information content (AvgIpc) is 2.16. The van der Waals surface area contributed by atoms with Gasteiger partial charge in [-0.2, -0.15) is 0 Å². The van der Waals surface area contributed by atoms with E-state index in [0.29, 0.717) is 0 Å². The molecule has 0 spiro atoms. The van der Waals surface area contributed by atoms with E-state index < -0.39 is 0 Å². The van der Waals surface area contributed by atoms with Gasteiger partial charge in [0.1, 0.15) is 6.61 Å². The van der Waals surface area contributed by atoms with Gasteiger partial charge in [-0.15, -0.1) is 0 Å². The summed E-state index contributed by atoms with van der Waals surface area (Å²) in [6, 6.07) is 0. The van der Waals surface area contributed by atoms with Crippen LogP contribution in [0.25, 0.3) is 0 Å². The van der Waals surface area contributed by atoms with Gasteiger partial charge in [-0.1, -0.05) is 57.6 Å². The van der Waals surface area contributed by atoms with Crippen LogP contribution in [-0.2, 0) is 5.11 Å². The lowest BCUT2D eigenvalue weighted by Crippen LogP contribution is -1.79. The molecule has 77 valence electrons. The monoisotopic (exact) mass is 183 g/mol. The first kappa shape index (κ1) is 12.7. The number of unbranched alkanes of at least 4 members (excludes halogenated alkanes) is 7. The van der Waals surface area contributed by atoms with Crippen LogP contribution in [0.5, 0.6) is 0 Å². The van der Waals surface area contributed by atoms with Crippen LogP contribution in [0.2, 0.25) is 0 Å². The second-order valence-electron chi connectivity index (χ2n) is 3.55. The van der Waals surface area contributed by atoms with Crippen LogP contribution >= 0.6 is 0 Å². The van der Waals surface area contributed by atoms with Crippen LogP contribution in [0.4, 0.5) is 0 Å². The van der Waals surface area contributed by atoms with E-state index in [9.17, 15) is 5.11 Å². The van der Waals surface area contributed by atoms with Crippen molar-refractivity contribution in [2.75, 3.05) is 6.61 Å². The summed E-state index contributed by atoms with van der Waals surface area (Å²) in [5, 5.41) is 10.1. The molecule has 0 fully saturated rings. The molecular formula is C12H23O. The molecule has 0 aromatic carbocycles. The first-order valence-corrected chi connectivity index (χ1v) is 5.65. The van der Waals surface area contributed by atoms with Crippen molar-refractivity contribution >= 4 is 0 Å². The molecule has 13 heavy (non-hydrogen) atoms. The Bertz CT molecular complexity index is 108. The number of hydrogen-bond donors (Lipinski definition) is 0. The third kappa shape index (κ3) is 11.7. The van der Waals surface area contributed by atoms with Crippen LogP contribution in [-0.4, -0.2) is 6.61 Å². The van der Waals surface area contributed by atoms with Gasteiger partial charge in [0.15, 0.2) is 0 Å². The molecule has 0 rings (SSSR count). The van der Waals surface area contributed by atoms with Crippen molar-refractivity contribution in [1.29, 1.82) is 0 Å². The van der Waals surface area contributed by atoms with Crippen molar-refractivity contribution in [3.63, 3.8) is 0 Å². The molecule has 0 aromatic rings. The minimum atomic E-state index is -0.0590. The largest absolute Gasteiger partial charge is 0.232 e. The summed E-state index contributed by atoms with van der Waals surface area (Å²) in [5.74, 6) is 0. The zero-order chi connectivity index (χ0) is 9.78. The van der Waals surface area contributed by atoms with E-state index in [1.54, 1.807) is 6.08 Å². The second kappa shape index (κ2) is 11.7. The fraction of sp³-hybridized carbons (Fsp3) is 0.833. The van der Waals surface area contributed by atoms with Gasteiger partial charge in [-0.3, -0.25) is 0 Å². The quantitative estimate of drug-likeness (QED) is 0.378. The lowest BCUT2D eigenvalue weighted by Gasteiger charge is -1.98. The van der Waals surface area contributed by atoms with Gasteiger partial charge in [0.2, 0.25) is 0 Å². The van der Waals surface area contributed by atoms with Crippen molar-refractivity contribution in [3.05, 3.63) is 12.2 Å². The number of hydrogen-bond acceptors (Lipinski definition) is 0. The molecule has 0 saturated heterocycles. The predicted octanol–water partition coefficient (Wildman–Crippen LogP) is 4.11. The van der Waals surface area contributed by atoms with Gasteiger partial charge in [0.25, 0.3) is 0 Å². The van der Waals surface area contributed by atoms with Gasteiger partial charge in [-0.25, -0.2) is 5.11 Å². The fourth-order valence-corrected chi connectivity index (χ4v) is 1.41. The molecule has 0 atom stereocenters. The van der Waals surface area contributed by atoms with E-state index in [0.717, 1.165) is 6.42 Å². The predicted molar refractivity (Wildman–Crippen MR) is 57.3 cm³/mol. The summed E-state index contributed by atoms with van der Waals surface area (Å²) in [6.07, 6.45) is 14.3. The lowest BCUT2D eigenvalue weighted by molar-refractivity contribution is 0.232. The lowest BCUT2D eigenvalue weighted by atomic mass is 10.1. The third-order valence-electron chi connectivity index (χ3n) is 2.24. The molecule has 0 N–H and O–H groups in total. The molecule has 1 heteroatoms. The number of rotatable bonds is 9. The van der Waals surface area contributed by atoms with Crippen LogP contribution in [0.1, 0.15) is 58.3 Å². The molecule has 0 unspecified atom stereocenters. The Hall–Kier alpha value is -0.300. The SMILES string of the molecule is CCCCCCCCC/C=C/C[O]. The van der Waals surface area contributed by atoms with E-state index in [4.69, 9.17) is 0 Å². The van der Waals surface area contributed by atoms with Gasteiger partial charge in [-0.05, 0) is 12.8 Å². The molecule has 0 aromatic heterocycles. The van der Waals surface area contributed by atoms with Crippen LogP contribution in [0, 0.1) is 0 Å². The Morgan fingerprint density at radius 2 is 1.46 bits per heavy atom. The molecule has 1 nitrogen and oxygen atoms in total. The average molecular weight is 183 g/mol. The Morgan fingerprint density at radius 1 is 0.846 bits per heavy atom. The van der Waals surface area contributed by atoms with Crippen LogP contribution < -0.4 is 0 Å². The summed E-state index contributed by atoms with van der Waals surface area (Å²) in [4.78, 5) is 0. The third-order valence-corrected chi connectivity index (χ3v) is 2.24. The van der Waals surface area contributed by atoms with E-state index in [1.165, 1.54) is 44.9 Å². The topological polar surface area (TPSA) is 19.9 Å². The van der Waals surface area contributed by atoms with Gasteiger partial charge >= 0.3 is 0 Å². The maximum atomic E-state index is 10.1. The molecule has 0 saturated carbocycles. The highest BCUT2D eigenvalue weighted by Gasteiger charge is 1.88. The van der Waals surface area contributed by atoms with Gasteiger partial charge in [0, 0.05) is 0 Å². The summed E-state index contributed by atoms with van der Waals surface area (Å²) >= 11 is 0. The second-order valence-corrected chi connectivity index (χ2v) is 3.55. The van der Waals surface area contributed by atoms with Crippen LogP contribution in [0.3, 0.4) is 0 Å². The van der Waals surface area contributed by atoms with E-state index >= 15 is 0 Å². The highest BCUT2D eigenvalue weighted by Crippen LogP contribution is 2.08. The Balaban J connectivity index is 2.87. The molecule has 0 heterocycles. The zero-order valence-electron chi connectivity index (χ0n) is 8.93. The highest BCUT2D eigenvalue weighted by molar-refractivity contribution is 4.80. The maximum absolute atomic E-state index is 10.1. The molecule has 0 aliphatic heterocycles. The van der Waals surface area contributed by atoms with Crippen LogP contribution in [0.15, 0.2) is 12.2 Å². The van der Waals surface area contributed by atoms with Crippen molar-refractivity contribution in [1.82, 2.24) is 0 Å². The van der Waals surface area contributed by atoms with E-state index in [1.807, 2.05) is 6.08 Å². The maximum Gasteiger partial charge on any atom is 0.100 e. The van der Waals surface area contributed by atoms with E-state index in [-0.39, 0.29) is 6.61 Å². The first-order valence-electron chi connectivity index (χ1n) is 5.65. The van der Waals surface area contributed by atoms with Crippen molar-refractivity contribution < 1.29 is 5.11 Å². The molecule has 0 bridgehead atoms. The van der Waals surface area contributed by atoms with Crippen molar-refractivity contribution in [3.8, 4) is 0 Å². The molecular weight excluding hydrogens is 160 g/mol. The van der Waals surface area contributed by atoms with Crippen molar-refractivity contribution in [2.45, 2.75) is 58.3 Å². The Kier molecular flexibility index (Phi) is 11.4. The Labute approximate surface area is 82.9 Å². The molecule has 0 aliphatic rings. The number of allylic oxidation sites excluding steroid dienone is 1. The van der Waals surface area contributed by atoms with Gasteiger partial charge in [0.05, 0.1) is 0 Å². The Morgan fingerprint density at radius 3 is 2.08 bits per heavy atom. The van der Waals surface area contributed by atoms with Crippen molar-refractivity contribution in [2.24, 2.45) is 0 Å². The summed E-state index contributed by atoms with van der Waals surface area (Å²) in [7, 11) is 0.